The van der Waals surface area contributed by atoms with E-state index < -0.39 is 8.32 Å². The Balaban J connectivity index is 1.42. The van der Waals surface area contributed by atoms with Crippen LogP contribution in [-0.2, 0) is 4.43 Å². The summed E-state index contributed by atoms with van der Waals surface area (Å²) in [5.74, 6) is 7.63. The third-order valence-corrected chi connectivity index (χ3v) is 13.4. The minimum absolute atomic E-state index is 0.560. The van der Waals surface area contributed by atoms with Gasteiger partial charge < -0.3 is 4.43 Å². The minimum atomic E-state index is -1.43. The summed E-state index contributed by atoms with van der Waals surface area (Å²) in [7, 11) is -1.43. The molecule has 0 amide bonds. The Morgan fingerprint density at radius 3 is 2.15 bits per heavy atom. The molecule has 0 N–H and O–H groups in total. The van der Waals surface area contributed by atoms with Gasteiger partial charge >= 0.3 is 0 Å². The van der Waals surface area contributed by atoms with Crippen LogP contribution < -0.4 is 0 Å². The van der Waals surface area contributed by atoms with E-state index >= 15 is 0 Å². The Bertz CT molecular complexity index is 681. The lowest BCUT2D eigenvalue weighted by atomic mass is 9.44. The van der Waals surface area contributed by atoms with Gasteiger partial charge in [0, 0.05) is 6.10 Å². The number of hydrogen-bond acceptors (Lipinski definition) is 1. The molecule has 0 radical (unpaired) electrons. The molecule has 4 saturated carbocycles. The normalized spacial score (nSPS) is 44.3. The van der Waals surface area contributed by atoms with Gasteiger partial charge in [-0.15, -0.1) is 0 Å². The smallest absolute Gasteiger partial charge is 0.184 e. The first-order valence-electron chi connectivity index (χ1n) is 15.6. The van der Waals surface area contributed by atoms with Crippen LogP contribution in [0.3, 0.4) is 0 Å². The van der Waals surface area contributed by atoms with E-state index in [1.165, 1.54) is 77.0 Å². The fourth-order valence-electron chi connectivity index (χ4n) is 10.5. The third-order valence-electron chi connectivity index (χ3n) is 12.4. The maximum atomic E-state index is 6.64. The van der Waals surface area contributed by atoms with Crippen LogP contribution in [0.25, 0.3) is 0 Å². The van der Waals surface area contributed by atoms with E-state index in [1.54, 1.807) is 0 Å². The summed E-state index contributed by atoms with van der Waals surface area (Å²) < 4.78 is 6.64. The van der Waals surface area contributed by atoms with E-state index in [9.17, 15) is 0 Å². The van der Waals surface area contributed by atoms with Crippen molar-refractivity contribution in [2.24, 2.45) is 58.2 Å². The highest BCUT2D eigenvalue weighted by molar-refractivity contribution is 6.69. The zero-order valence-electron chi connectivity index (χ0n) is 24.6. The molecule has 0 bridgehead atoms. The Kier molecular flexibility index (Phi) is 8.12. The second kappa shape index (κ2) is 10.1. The molecule has 0 spiro atoms. The molecule has 10 atom stereocenters. The Morgan fingerprint density at radius 2 is 1.50 bits per heavy atom. The second-order valence-corrected chi connectivity index (χ2v) is 19.9. The summed E-state index contributed by atoms with van der Waals surface area (Å²) in [5.41, 5.74) is 1.22. The maximum absolute atomic E-state index is 6.64. The second-order valence-electron chi connectivity index (χ2n) is 15.5. The fourth-order valence-corrected chi connectivity index (χ4v) is 11.7. The highest BCUT2D eigenvalue weighted by Gasteiger charge is 2.60. The van der Waals surface area contributed by atoms with Crippen molar-refractivity contribution in [1.82, 2.24) is 0 Å². The standard InChI is InChI=1S/C32H60OSi/c1-10-24(22(2)3)12-11-23(4)28-15-16-29-27-14-13-25-21-26(33-34(7,8)9)17-19-31(25,5)30(27)18-20-32(28,29)6/h22-30H,10-21H2,1-9H3/t23-,24?,25+,26+,27?,28-,29?,30+,31+,32-/m1/s1. The minimum Gasteiger partial charge on any atom is -0.415 e. The van der Waals surface area contributed by atoms with Gasteiger partial charge in [-0.2, -0.15) is 0 Å². The van der Waals surface area contributed by atoms with E-state index in [4.69, 9.17) is 4.43 Å². The molecule has 0 aromatic carbocycles. The molecule has 0 aromatic heterocycles. The topological polar surface area (TPSA) is 9.23 Å². The molecule has 4 fully saturated rings. The van der Waals surface area contributed by atoms with Crippen LogP contribution in [0, 0.1) is 58.2 Å². The molecule has 3 unspecified atom stereocenters. The first-order valence-corrected chi connectivity index (χ1v) is 19.0. The largest absolute Gasteiger partial charge is 0.415 e. The van der Waals surface area contributed by atoms with Crippen molar-refractivity contribution in [3.05, 3.63) is 0 Å². The zero-order chi connectivity index (χ0) is 24.9. The van der Waals surface area contributed by atoms with E-state index in [1.807, 2.05) is 0 Å². The Labute approximate surface area is 215 Å². The SMILES string of the molecule is CCC(CC[C@@H](C)[C@H]1CCC2C3CC[C@H]4C[C@@H](O[Si](C)(C)C)CC[C@]4(C)[C@H]3CC[C@@]21C)C(C)C. The van der Waals surface area contributed by atoms with Crippen molar-refractivity contribution in [1.29, 1.82) is 0 Å². The van der Waals surface area contributed by atoms with Crippen LogP contribution >= 0.6 is 0 Å². The molecule has 4 rings (SSSR count). The summed E-state index contributed by atoms with van der Waals surface area (Å²) in [6.45, 7) is 22.5. The lowest BCUT2D eigenvalue weighted by Gasteiger charge is -2.61. The molecule has 0 aliphatic heterocycles. The molecular weight excluding hydrogens is 428 g/mol. The number of fused-ring (bicyclic) bond motifs is 5. The van der Waals surface area contributed by atoms with E-state index in [2.05, 4.69) is 61.2 Å². The van der Waals surface area contributed by atoms with Gasteiger partial charge in [-0.3, -0.25) is 0 Å². The Morgan fingerprint density at radius 1 is 0.824 bits per heavy atom. The highest BCUT2D eigenvalue weighted by Crippen LogP contribution is 2.68. The predicted molar refractivity (Wildman–Crippen MR) is 150 cm³/mol. The monoisotopic (exact) mass is 488 g/mol. The van der Waals surface area contributed by atoms with Crippen molar-refractivity contribution >= 4 is 8.32 Å². The van der Waals surface area contributed by atoms with Gasteiger partial charge in [0.15, 0.2) is 8.32 Å². The van der Waals surface area contributed by atoms with Crippen LogP contribution in [0.5, 0.6) is 0 Å². The molecule has 0 heterocycles. The summed E-state index contributed by atoms with van der Waals surface area (Å²) in [6, 6.07) is 0. The fraction of sp³-hybridized carbons (Fsp3) is 1.00. The van der Waals surface area contributed by atoms with Crippen molar-refractivity contribution in [2.75, 3.05) is 0 Å². The summed E-state index contributed by atoms with van der Waals surface area (Å²) in [4.78, 5) is 0. The molecule has 0 saturated heterocycles. The first kappa shape index (κ1) is 27.2. The first-order chi connectivity index (χ1) is 15.9. The summed E-state index contributed by atoms with van der Waals surface area (Å²) >= 11 is 0. The molecule has 0 aromatic rings. The van der Waals surface area contributed by atoms with Gasteiger partial charge in [0.2, 0.25) is 0 Å². The predicted octanol–water partition coefficient (Wildman–Crippen LogP) is 9.96. The van der Waals surface area contributed by atoms with Gasteiger partial charge in [-0.1, -0.05) is 54.4 Å². The molecular formula is C32H60OSi. The summed E-state index contributed by atoms with van der Waals surface area (Å²) in [5, 5.41) is 0. The lowest BCUT2D eigenvalue weighted by molar-refractivity contribution is -0.127. The Hall–Kier alpha value is 0.177. The molecule has 1 nitrogen and oxygen atoms in total. The van der Waals surface area contributed by atoms with Crippen LogP contribution in [0.1, 0.15) is 119 Å². The van der Waals surface area contributed by atoms with Crippen molar-refractivity contribution in [2.45, 2.75) is 144 Å². The summed E-state index contributed by atoms with van der Waals surface area (Å²) in [6.07, 6.45) is 18.1. The van der Waals surface area contributed by atoms with Gasteiger partial charge in [0.25, 0.3) is 0 Å². The van der Waals surface area contributed by atoms with Gasteiger partial charge in [0.1, 0.15) is 0 Å². The lowest BCUT2D eigenvalue weighted by Crippen LogP contribution is -2.54. The average Bonchev–Trinajstić information content (AvgIpc) is 3.10. The van der Waals surface area contributed by atoms with E-state index in [0.717, 1.165) is 47.3 Å². The number of hydrogen-bond donors (Lipinski definition) is 0. The zero-order valence-corrected chi connectivity index (χ0v) is 25.6. The third kappa shape index (κ3) is 5.12. The van der Waals surface area contributed by atoms with E-state index in [-0.39, 0.29) is 0 Å². The van der Waals surface area contributed by atoms with Crippen LogP contribution in [-0.4, -0.2) is 14.4 Å². The molecule has 4 aliphatic carbocycles. The van der Waals surface area contributed by atoms with E-state index in [0.29, 0.717) is 16.9 Å². The molecule has 4 aliphatic rings. The quantitative estimate of drug-likeness (QED) is 0.309. The number of rotatable bonds is 8. The average molecular weight is 489 g/mol. The van der Waals surface area contributed by atoms with Crippen molar-refractivity contribution in [3.8, 4) is 0 Å². The molecule has 34 heavy (non-hydrogen) atoms. The highest BCUT2D eigenvalue weighted by atomic mass is 28.4. The molecule has 198 valence electrons. The van der Waals surface area contributed by atoms with Gasteiger partial charge in [-0.05, 0) is 142 Å². The van der Waals surface area contributed by atoms with Crippen molar-refractivity contribution in [3.63, 3.8) is 0 Å². The maximum Gasteiger partial charge on any atom is 0.184 e. The van der Waals surface area contributed by atoms with Gasteiger partial charge in [0.05, 0.1) is 0 Å². The van der Waals surface area contributed by atoms with Crippen LogP contribution in [0.4, 0.5) is 0 Å². The van der Waals surface area contributed by atoms with Crippen LogP contribution in [0.2, 0.25) is 19.6 Å². The van der Waals surface area contributed by atoms with Crippen LogP contribution in [0.15, 0.2) is 0 Å². The molecule has 2 heteroatoms. The van der Waals surface area contributed by atoms with Crippen molar-refractivity contribution < 1.29 is 4.43 Å². The van der Waals surface area contributed by atoms with Gasteiger partial charge in [-0.25, -0.2) is 0 Å².